The molecule has 1 aromatic carbocycles. The Kier molecular flexibility index (Phi) is 4.24. The monoisotopic (exact) mass is 275 g/mol. The van der Waals surface area contributed by atoms with Crippen LogP contribution in [0.3, 0.4) is 0 Å². The van der Waals surface area contributed by atoms with Crippen LogP contribution in [-0.2, 0) is 5.41 Å². The molecule has 4 N–H and O–H groups in total. The molecule has 0 radical (unpaired) electrons. The van der Waals surface area contributed by atoms with Gasteiger partial charge in [0.2, 0.25) is 0 Å². The maximum atomic E-state index is 11.1. The van der Waals surface area contributed by atoms with Crippen molar-refractivity contribution in [2.45, 2.75) is 32.4 Å². The van der Waals surface area contributed by atoms with E-state index in [1.807, 2.05) is 12.1 Å². The van der Waals surface area contributed by atoms with Crippen molar-refractivity contribution in [3.8, 4) is 0 Å². The third-order valence-corrected chi connectivity index (χ3v) is 3.03. The summed E-state index contributed by atoms with van der Waals surface area (Å²) in [6.45, 7) is 7.12. The van der Waals surface area contributed by atoms with Crippen molar-refractivity contribution in [3.05, 3.63) is 35.4 Å². The predicted octanol–water partition coefficient (Wildman–Crippen LogP) is 1.05. The molecular weight excluding hydrogens is 254 g/mol. The summed E-state index contributed by atoms with van der Waals surface area (Å²) in [5.74, 6) is 0. The van der Waals surface area contributed by atoms with E-state index in [0.29, 0.717) is 6.54 Å². The van der Waals surface area contributed by atoms with Gasteiger partial charge in [0.05, 0.1) is 12.8 Å². The normalized spacial score (nSPS) is 19.6. The predicted molar refractivity (Wildman–Crippen MR) is 79.3 cm³/mol. The van der Waals surface area contributed by atoms with Crippen molar-refractivity contribution in [3.63, 3.8) is 0 Å². The van der Waals surface area contributed by atoms with Crippen LogP contribution in [-0.4, -0.2) is 25.0 Å². The van der Waals surface area contributed by atoms with Crippen LogP contribution in [0.15, 0.2) is 29.4 Å². The van der Waals surface area contributed by atoms with E-state index in [-0.39, 0.29) is 17.6 Å². The summed E-state index contributed by atoms with van der Waals surface area (Å²) in [6.07, 6.45) is 1.52. The first kappa shape index (κ1) is 14.3. The highest BCUT2D eigenvalue weighted by atomic mass is 16.2. The zero-order valence-electron chi connectivity index (χ0n) is 12.0. The molecule has 0 aliphatic carbocycles. The van der Waals surface area contributed by atoms with Gasteiger partial charge in [-0.25, -0.2) is 10.2 Å². The second kappa shape index (κ2) is 5.92. The average molecular weight is 275 g/mol. The van der Waals surface area contributed by atoms with Crippen LogP contribution in [0, 0.1) is 0 Å². The number of hydrazine groups is 1. The number of amides is 2. The van der Waals surface area contributed by atoms with Crippen molar-refractivity contribution < 1.29 is 4.79 Å². The first-order valence-electron chi connectivity index (χ1n) is 6.64. The maximum absolute atomic E-state index is 11.1. The van der Waals surface area contributed by atoms with E-state index in [1.54, 1.807) is 6.21 Å². The number of hydrogen-bond donors (Lipinski definition) is 4. The van der Waals surface area contributed by atoms with Crippen molar-refractivity contribution in [2.24, 2.45) is 5.10 Å². The molecule has 1 atom stereocenters. The minimum absolute atomic E-state index is 0.152. The Morgan fingerprint density at radius 2 is 2.00 bits per heavy atom. The summed E-state index contributed by atoms with van der Waals surface area (Å²) in [6, 6.07) is 8.01. The van der Waals surface area contributed by atoms with Crippen LogP contribution >= 0.6 is 0 Å². The van der Waals surface area contributed by atoms with Gasteiger partial charge >= 0.3 is 6.03 Å². The van der Waals surface area contributed by atoms with E-state index < -0.39 is 0 Å². The molecule has 6 nitrogen and oxygen atoms in total. The Bertz CT molecular complexity index is 489. The lowest BCUT2D eigenvalue weighted by Crippen LogP contribution is -2.62. The minimum Gasteiger partial charge on any atom is -0.314 e. The summed E-state index contributed by atoms with van der Waals surface area (Å²) in [5, 5.41) is 6.83. The van der Waals surface area contributed by atoms with Crippen molar-refractivity contribution in [2.75, 3.05) is 6.54 Å². The van der Waals surface area contributed by atoms with E-state index in [2.05, 4.69) is 59.6 Å². The standard InChI is InChI=1S/C14H21N5O/c1-14(2,3)11-6-4-10(5-7-11)8-15-18-12-9-16-19-13(20)17-12/h4-8,12,16,18H,9H2,1-3H3,(H2,17,19,20)/b15-8+. The average Bonchev–Trinajstić information content (AvgIpc) is 2.38. The molecule has 1 saturated heterocycles. The van der Waals surface area contributed by atoms with Gasteiger partial charge in [0.25, 0.3) is 0 Å². The molecule has 0 spiro atoms. The van der Waals surface area contributed by atoms with Crippen LogP contribution in [0.4, 0.5) is 4.79 Å². The highest BCUT2D eigenvalue weighted by molar-refractivity contribution is 5.79. The van der Waals surface area contributed by atoms with Crippen molar-refractivity contribution >= 4 is 12.2 Å². The molecular formula is C14H21N5O. The quantitative estimate of drug-likeness (QED) is 0.492. The molecule has 1 aliphatic rings. The van der Waals surface area contributed by atoms with E-state index in [4.69, 9.17) is 0 Å². The largest absolute Gasteiger partial charge is 0.330 e. The molecule has 0 aromatic heterocycles. The third-order valence-electron chi connectivity index (χ3n) is 3.03. The number of hydrogen-bond acceptors (Lipinski definition) is 4. The smallest absolute Gasteiger partial charge is 0.314 e. The zero-order chi connectivity index (χ0) is 14.6. The molecule has 6 heteroatoms. The highest BCUT2D eigenvalue weighted by Gasteiger charge is 2.15. The number of rotatable bonds is 3. The van der Waals surface area contributed by atoms with E-state index in [0.717, 1.165) is 5.56 Å². The summed E-state index contributed by atoms with van der Waals surface area (Å²) < 4.78 is 0. The fourth-order valence-electron chi connectivity index (χ4n) is 1.83. The van der Waals surface area contributed by atoms with Gasteiger partial charge in [-0.1, -0.05) is 45.0 Å². The number of nitrogens with one attached hydrogen (secondary N) is 4. The summed E-state index contributed by atoms with van der Waals surface area (Å²) >= 11 is 0. The second-order valence-corrected chi connectivity index (χ2v) is 5.79. The lowest BCUT2D eigenvalue weighted by atomic mass is 9.87. The molecule has 1 aliphatic heterocycles. The van der Waals surface area contributed by atoms with E-state index >= 15 is 0 Å². The van der Waals surface area contributed by atoms with Crippen LogP contribution < -0.4 is 21.6 Å². The van der Waals surface area contributed by atoms with Gasteiger partial charge in [-0.15, -0.1) is 0 Å². The number of carbonyl (C=O) groups excluding carboxylic acids is 1. The maximum Gasteiger partial charge on any atom is 0.330 e. The van der Waals surface area contributed by atoms with Crippen molar-refractivity contribution in [1.29, 1.82) is 0 Å². The molecule has 20 heavy (non-hydrogen) atoms. The highest BCUT2D eigenvalue weighted by Crippen LogP contribution is 2.21. The zero-order valence-corrected chi connectivity index (χ0v) is 12.0. The fraction of sp³-hybridized carbons (Fsp3) is 0.429. The summed E-state index contributed by atoms with van der Waals surface area (Å²) in [5.41, 5.74) is 10.5. The van der Waals surface area contributed by atoms with Gasteiger partial charge in [0, 0.05) is 0 Å². The number of nitrogens with zero attached hydrogens (tertiary/aromatic N) is 1. The molecule has 1 heterocycles. The molecule has 108 valence electrons. The Morgan fingerprint density at radius 1 is 1.30 bits per heavy atom. The first-order valence-corrected chi connectivity index (χ1v) is 6.64. The van der Waals surface area contributed by atoms with Gasteiger partial charge < -0.3 is 5.32 Å². The van der Waals surface area contributed by atoms with Gasteiger partial charge in [-0.2, -0.15) is 5.10 Å². The van der Waals surface area contributed by atoms with Gasteiger partial charge in [0.1, 0.15) is 6.17 Å². The lowest BCUT2D eigenvalue weighted by molar-refractivity contribution is 0.217. The fourth-order valence-corrected chi connectivity index (χ4v) is 1.83. The molecule has 1 aromatic rings. The Hall–Kier alpha value is -2.08. The van der Waals surface area contributed by atoms with Crippen molar-refractivity contribution in [1.82, 2.24) is 21.6 Å². The molecule has 2 amide bonds. The van der Waals surface area contributed by atoms with Crippen LogP contribution in [0.1, 0.15) is 31.9 Å². The Balaban J connectivity index is 1.89. The molecule has 0 saturated carbocycles. The van der Waals surface area contributed by atoms with E-state index in [1.165, 1.54) is 5.56 Å². The molecule has 0 bridgehead atoms. The number of carbonyl (C=O) groups is 1. The number of hydrazone groups is 1. The van der Waals surface area contributed by atoms with Gasteiger partial charge in [-0.3, -0.25) is 10.9 Å². The van der Waals surface area contributed by atoms with Gasteiger partial charge in [-0.05, 0) is 16.5 Å². The van der Waals surface area contributed by atoms with Crippen LogP contribution in [0.5, 0.6) is 0 Å². The topological polar surface area (TPSA) is 77.6 Å². The SMILES string of the molecule is CC(C)(C)c1ccc(/C=N/NC2CNNC(=O)N2)cc1. The Labute approximate surface area is 119 Å². The number of urea groups is 1. The minimum atomic E-state index is -0.265. The van der Waals surface area contributed by atoms with Crippen LogP contribution in [0.25, 0.3) is 0 Å². The number of benzene rings is 1. The van der Waals surface area contributed by atoms with Crippen LogP contribution in [0.2, 0.25) is 0 Å². The Morgan fingerprint density at radius 3 is 2.60 bits per heavy atom. The second-order valence-electron chi connectivity index (χ2n) is 5.79. The summed E-state index contributed by atoms with van der Waals surface area (Å²) in [4.78, 5) is 11.1. The third kappa shape index (κ3) is 3.96. The summed E-state index contributed by atoms with van der Waals surface area (Å²) in [7, 11) is 0. The molecule has 1 unspecified atom stereocenters. The van der Waals surface area contributed by atoms with E-state index in [9.17, 15) is 4.79 Å². The molecule has 2 rings (SSSR count). The van der Waals surface area contributed by atoms with Gasteiger partial charge in [0.15, 0.2) is 0 Å². The first-order chi connectivity index (χ1) is 9.45. The molecule has 1 fully saturated rings. The lowest BCUT2D eigenvalue weighted by Gasteiger charge is -2.24.